The van der Waals surface area contributed by atoms with Crippen LogP contribution in [0.15, 0.2) is 60.9 Å². The molecule has 9 nitrogen and oxygen atoms in total. The van der Waals surface area contributed by atoms with Crippen LogP contribution >= 0.6 is 0 Å². The number of likely N-dealkylation sites (tertiary alicyclic amines) is 1. The number of aromatic amines is 1. The Morgan fingerprint density at radius 2 is 1.90 bits per heavy atom. The second-order valence-electron chi connectivity index (χ2n) is 9.63. The zero-order valence-electron chi connectivity index (χ0n) is 22.3. The molecule has 0 radical (unpaired) electrons. The number of carbonyl (C=O) groups excluding carboxylic acids is 2. The fourth-order valence-corrected chi connectivity index (χ4v) is 4.96. The number of halogens is 3. The number of hydrogen-bond acceptors (Lipinski definition) is 6. The van der Waals surface area contributed by atoms with Crippen LogP contribution in [0.4, 0.5) is 23.7 Å². The molecule has 4 aromatic rings. The fourth-order valence-electron chi connectivity index (χ4n) is 4.96. The smallest absolute Gasteiger partial charge is 0.411 e. The lowest BCUT2D eigenvalue weighted by Crippen LogP contribution is -2.39. The number of hydrogen-bond donors (Lipinski definition) is 3. The molecule has 0 spiro atoms. The van der Waals surface area contributed by atoms with Crippen molar-refractivity contribution in [1.29, 1.82) is 0 Å². The van der Waals surface area contributed by atoms with Gasteiger partial charge >= 0.3 is 12.3 Å². The summed E-state index contributed by atoms with van der Waals surface area (Å²) in [5.41, 5.74) is 4.24. The highest BCUT2D eigenvalue weighted by atomic mass is 19.4. The van der Waals surface area contributed by atoms with Crippen molar-refractivity contribution in [3.8, 4) is 28.0 Å². The molecular formula is C29H28F3N5O4. The van der Waals surface area contributed by atoms with Gasteiger partial charge in [0.15, 0.2) is 0 Å². The summed E-state index contributed by atoms with van der Waals surface area (Å²) in [6, 6.07) is 14.1. The van der Waals surface area contributed by atoms with Gasteiger partial charge in [0.05, 0.1) is 32.0 Å². The highest BCUT2D eigenvalue weighted by molar-refractivity contribution is 6.04. The highest BCUT2D eigenvalue weighted by Gasteiger charge is 2.33. The first kappa shape index (κ1) is 28.0. The molecule has 0 saturated carbocycles. The minimum atomic E-state index is -4.34. The number of ether oxygens (including phenoxy) is 2. The van der Waals surface area contributed by atoms with Crippen LogP contribution in [-0.4, -0.2) is 72.9 Å². The van der Waals surface area contributed by atoms with E-state index in [4.69, 9.17) is 9.47 Å². The highest BCUT2D eigenvalue weighted by Crippen LogP contribution is 2.36. The first-order chi connectivity index (χ1) is 19.7. The van der Waals surface area contributed by atoms with Crippen LogP contribution in [-0.2, 0) is 4.74 Å². The number of aromatic nitrogens is 2. The summed E-state index contributed by atoms with van der Waals surface area (Å²) >= 11 is 0. The lowest BCUT2D eigenvalue weighted by Gasteiger charge is -2.20. The number of carbonyl (C=O) groups is 2. The number of fused-ring (bicyclic) bond motifs is 1. The molecule has 0 bridgehead atoms. The molecule has 214 valence electrons. The van der Waals surface area contributed by atoms with Gasteiger partial charge in [-0.25, -0.2) is 9.78 Å². The van der Waals surface area contributed by atoms with Crippen LogP contribution in [0.25, 0.3) is 33.3 Å². The first-order valence-corrected chi connectivity index (χ1v) is 12.9. The van der Waals surface area contributed by atoms with Gasteiger partial charge in [0, 0.05) is 53.6 Å². The third-order valence-corrected chi connectivity index (χ3v) is 7.00. The lowest BCUT2D eigenvalue weighted by atomic mass is 9.99. The monoisotopic (exact) mass is 567 g/mol. The van der Waals surface area contributed by atoms with Crippen molar-refractivity contribution in [2.45, 2.75) is 18.6 Å². The summed E-state index contributed by atoms with van der Waals surface area (Å²) < 4.78 is 48.3. The SMILES string of the molecule is COC(=O)Nc1ccc(-c2cnc3[nH]cc(-c4ccccc4OC)c3c2)cc1C(=O)N1CCC(NCC(F)(F)F)C1. The van der Waals surface area contributed by atoms with E-state index in [2.05, 4.69) is 20.6 Å². The summed E-state index contributed by atoms with van der Waals surface area (Å²) in [7, 11) is 2.81. The predicted molar refractivity (Wildman–Crippen MR) is 148 cm³/mol. The van der Waals surface area contributed by atoms with E-state index in [9.17, 15) is 22.8 Å². The number of H-pyrrole nitrogens is 1. The van der Waals surface area contributed by atoms with Crippen molar-refractivity contribution in [1.82, 2.24) is 20.2 Å². The molecule has 2 aromatic carbocycles. The van der Waals surface area contributed by atoms with Crippen molar-refractivity contribution in [2.75, 3.05) is 39.2 Å². The van der Waals surface area contributed by atoms with E-state index in [0.29, 0.717) is 23.4 Å². The van der Waals surface area contributed by atoms with E-state index in [-0.39, 0.29) is 24.3 Å². The third kappa shape index (κ3) is 6.12. The van der Waals surface area contributed by atoms with E-state index >= 15 is 0 Å². The molecule has 3 heterocycles. The van der Waals surface area contributed by atoms with Gasteiger partial charge in [0.25, 0.3) is 5.91 Å². The number of para-hydroxylation sites is 1. The Hall–Kier alpha value is -4.58. The molecule has 41 heavy (non-hydrogen) atoms. The molecule has 3 N–H and O–H groups in total. The van der Waals surface area contributed by atoms with E-state index in [1.807, 2.05) is 36.5 Å². The van der Waals surface area contributed by atoms with Gasteiger partial charge in [-0.3, -0.25) is 10.1 Å². The number of amides is 2. The Bertz CT molecular complexity index is 1590. The zero-order chi connectivity index (χ0) is 29.1. The molecule has 2 aromatic heterocycles. The molecule has 2 amide bonds. The van der Waals surface area contributed by atoms with Gasteiger partial charge in [-0.2, -0.15) is 13.2 Å². The van der Waals surface area contributed by atoms with Crippen molar-refractivity contribution in [2.24, 2.45) is 0 Å². The maximum Gasteiger partial charge on any atom is 0.411 e. The maximum atomic E-state index is 13.6. The standard InChI is InChI=1S/C29H28F3N5O4/c1-40-25-6-4-3-5-20(25)23-14-34-26-21(23)12-18(13-33-26)17-7-8-24(36-28(39)41-2)22(11-17)27(38)37-10-9-19(15-37)35-16-29(30,31)32/h3-8,11-14,19,35H,9-10,15-16H2,1-2H3,(H,33,34)(H,36,39). The number of alkyl halides is 3. The molecule has 1 saturated heterocycles. The van der Waals surface area contributed by atoms with Crippen molar-refractivity contribution in [3.05, 3.63) is 66.5 Å². The normalized spacial score (nSPS) is 15.2. The topological polar surface area (TPSA) is 109 Å². The van der Waals surface area contributed by atoms with E-state index < -0.39 is 30.8 Å². The van der Waals surface area contributed by atoms with Crippen LogP contribution in [0.3, 0.4) is 0 Å². The second kappa shape index (κ2) is 11.5. The number of pyridine rings is 1. The van der Waals surface area contributed by atoms with Crippen LogP contribution < -0.4 is 15.4 Å². The predicted octanol–water partition coefficient (Wildman–Crippen LogP) is 5.45. The van der Waals surface area contributed by atoms with Crippen molar-refractivity contribution in [3.63, 3.8) is 0 Å². The van der Waals surface area contributed by atoms with Gasteiger partial charge in [0.1, 0.15) is 11.4 Å². The molecule has 5 rings (SSSR count). The van der Waals surface area contributed by atoms with Crippen LogP contribution in [0.5, 0.6) is 5.75 Å². The molecule has 0 aliphatic carbocycles. The summed E-state index contributed by atoms with van der Waals surface area (Å²) in [4.78, 5) is 34.8. The number of benzene rings is 2. The van der Waals surface area contributed by atoms with Gasteiger partial charge in [0.2, 0.25) is 0 Å². The Kier molecular flexibility index (Phi) is 7.84. The summed E-state index contributed by atoms with van der Waals surface area (Å²) in [5, 5.41) is 5.87. The van der Waals surface area contributed by atoms with Crippen molar-refractivity contribution < 1.29 is 32.2 Å². The Morgan fingerprint density at radius 3 is 2.66 bits per heavy atom. The van der Waals surface area contributed by atoms with Gasteiger partial charge in [-0.05, 0) is 36.2 Å². The van der Waals surface area contributed by atoms with Gasteiger partial charge < -0.3 is 24.7 Å². The Morgan fingerprint density at radius 1 is 1.10 bits per heavy atom. The number of nitrogens with zero attached hydrogens (tertiary/aromatic N) is 2. The van der Waals surface area contributed by atoms with E-state index in [1.165, 1.54) is 12.0 Å². The number of rotatable bonds is 7. The number of methoxy groups -OCH3 is 2. The minimum Gasteiger partial charge on any atom is -0.496 e. The maximum absolute atomic E-state index is 13.6. The van der Waals surface area contributed by atoms with E-state index in [1.54, 1.807) is 31.5 Å². The van der Waals surface area contributed by atoms with Crippen LogP contribution in [0, 0.1) is 0 Å². The van der Waals surface area contributed by atoms with E-state index in [0.717, 1.165) is 22.1 Å². The first-order valence-electron chi connectivity index (χ1n) is 12.9. The molecule has 1 atom stereocenters. The zero-order valence-corrected chi connectivity index (χ0v) is 22.3. The fraction of sp³-hybridized carbons (Fsp3) is 0.276. The second-order valence-corrected chi connectivity index (χ2v) is 9.63. The Balaban J connectivity index is 1.49. The minimum absolute atomic E-state index is 0.107. The Labute approximate surface area is 233 Å². The molecular weight excluding hydrogens is 539 g/mol. The van der Waals surface area contributed by atoms with Crippen LogP contribution in [0.2, 0.25) is 0 Å². The molecule has 1 unspecified atom stereocenters. The van der Waals surface area contributed by atoms with Crippen molar-refractivity contribution >= 4 is 28.7 Å². The molecule has 1 fully saturated rings. The summed E-state index contributed by atoms with van der Waals surface area (Å²) in [6.07, 6.45) is -1.19. The third-order valence-electron chi connectivity index (χ3n) is 7.00. The molecule has 12 heteroatoms. The largest absolute Gasteiger partial charge is 0.496 e. The van der Waals surface area contributed by atoms with Gasteiger partial charge in [-0.15, -0.1) is 0 Å². The average molecular weight is 568 g/mol. The summed E-state index contributed by atoms with van der Waals surface area (Å²) in [6.45, 7) is -0.749. The van der Waals surface area contributed by atoms with Crippen LogP contribution in [0.1, 0.15) is 16.8 Å². The lowest BCUT2D eigenvalue weighted by molar-refractivity contribution is -0.126. The average Bonchev–Trinajstić information content (AvgIpc) is 3.62. The molecule has 1 aliphatic heterocycles. The van der Waals surface area contributed by atoms with Gasteiger partial charge in [-0.1, -0.05) is 24.3 Å². The summed E-state index contributed by atoms with van der Waals surface area (Å²) in [5.74, 6) is 0.290. The quantitative estimate of drug-likeness (QED) is 0.274. The number of nitrogens with one attached hydrogen (secondary N) is 3. The molecule has 1 aliphatic rings. The number of anilines is 1.